The third kappa shape index (κ3) is 3.92. The van der Waals surface area contributed by atoms with Crippen LogP contribution in [-0.2, 0) is 11.3 Å². The first-order valence-electron chi connectivity index (χ1n) is 5.88. The monoisotopic (exact) mass is 226 g/mol. The molecule has 0 aliphatic rings. The number of hydrogen-bond donors (Lipinski definition) is 2. The second-order valence-electron chi connectivity index (χ2n) is 3.74. The minimum Gasteiger partial charge on any atom is -0.382 e. The van der Waals surface area contributed by atoms with Crippen molar-refractivity contribution in [2.24, 2.45) is 5.84 Å². The van der Waals surface area contributed by atoms with Crippen molar-refractivity contribution in [3.63, 3.8) is 0 Å². The van der Waals surface area contributed by atoms with Crippen LogP contribution in [0.1, 0.15) is 38.3 Å². The molecule has 1 rings (SSSR count). The van der Waals surface area contributed by atoms with E-state index in [1.807, 2.05) is 24.0 Å². The van der Waals surface area contributed by atoms with Crippen molar-refractivity contribution in [2.45, 2.75) is 39.3 Å². The highest BCUT2D eigenvalue weighted by Gasteiger charge is 2.11. The first-order chi connectivity index (χ1) is 7.81. The van der Waals surface area contributed by atoms with Crippen LogP contribution in [0.2, 0.25) is 0 Å². The van der Waals surface area contributed by atoms with Gasteiger partial charge in [0.05, 0.1) is 12.2 Å². The third-order valence-corrected chi connectivity index (χ3v) is 2.46. The van der Waals surface area contributed by atoms with E-state index in [-0.39, 0.29) is 6.04 Å². The Kier molecular flexibility index (Phi) is 6.07. The summed E-state index contributed by atoms with van der Waals surface area (Å²) >= 11 is 0. The summed E-state index contributed by atoms with van der Waals surface area (Å²) in [5.41, 5.74) is 3.92. The highest BCUT2D eigenvalue weighted by atomic mass is 16.5. The zero-order chi connectivity index (χ0) is 11.8. The summed E-state index contributed by atoms with van der Waals surface area (Å²) in [6, 6.07) is 0.122. The van der Waals surface area contributed by atoms with Gasteiger partial charge in [0.1, 0.15) is 0 Å². The van der Waals surface area contributed by atoms with E-state index < -0.39 is 0 Å². The fourth-order valence-electron chi connectivity index (χ4n) is 1.60. The summed E-state index contributed by atoms with van der Waals surface area (Å²) < 4.78 is 7.26. The minimum atomic E-state index is 0.122. The maximum atomic E-state index is 5.53. The van der Waals surface area contributed by atoms with Crippen LogP contribution in [0.3, 0.4) is 0 Å². The standard InChI is InChI=1S/C11H22N4O/c1-3-6-15-9-10(8-13-15)11(14-12)5-7-16-4-2/h8-9,11,14H,3-7,12H2,1-2H3. The molecule has 92 valence electrons. The van der Waals surface area contributed by atoms with Gasteiger partial charge in [0.15, 0.2) is 0 Å². The van der Waals surface area contributed by atoms with Gasteiger partial charge in [-0.1, -0.05) is 6.92 Å². The van der Waals surface area contributed by atoms with Crippen molar-refractivity contribution in [1.29, 1.82) is 0 Å². The molecule has 1 aromatic rings. The van der Waals surface area contributed by atoms with Gasteiger partial charge in [-0.25, -0.2) is 0 Å². The van der Waals surface area contributed by atoms with Crippen molar-refractivity contribution in [3.8, 4) is 0 Å². The van der Waals surface area contributed by atoms with E-state index in [4.69, 9.17) is 10.6 Å². The lowest BCUT2D eigenvalue weighted by atomic mass is 10.1. The summed E-state index contributed by atoms with van der Waals surface area (Å²) in [6.45, 7) is 6.53. The highest BCUT2D eigenvalue weighted by Crippen LogP contribution is 2.15. The normalized spacial score (nSPS) is 12.9. The molecule has 0 saturated carbocycles. The molecule has 0 bridgehead atoms. The van der Waals surface area contributed by atoms with Gasteiger partial charge in [-0.2, -0.15) is 5.10 Å². The highest BCUT2D eigenvalue weighted by molar-refractivity contribution is 5.09. The van der Waals surface area contributed by atoms with Gasteiger partial charge < -0.3 is 4.74 Å². The molecule has 3 N–H and O–H groups in total. The van der Waals surface area contributed by atoms with Crippen molar-refractivity contribution >= 4 is 0 Å². The first kappa shape index (κ1) is 13.2. The summed E-state index contributed by atoms with van der Waals surface area (Å²) in [4.78, 5) is 0. The molecule has 0 fully saturated rings. The van der Waals surface area contributed by atoms with Gasteiger partial charge >= 0.3 is 0 Å². The van der Waals surface area contributed by atoms with Crippen LogP contribution in [0, 0.1) is 0 Å². The second-order valence-corrected chi connectivity index (χ2v) is 3.74. The van der Waals surface area contributed by atoms with Crippen molar-refractivity contribution in [1.82, 2.24) is 15.2 Å². The molecule has 5 nitrogen and oxygen atoms in total. The Morgan fingerprint density at radius 2 is 2.38 bits per heavy atom. The van der Waals surface area contributed by atoms with Gasteiger partial charge in [0.2, 0.25) is 0 Å². The lowest BCUT2D eigenvalue weighted by Gasteiger charge is -2.13. The van der Waals surface area contributed by atoms with Gasteiger partial charge in [0, 0.05) is 31.5 Å². The number of nitrogens with two attached hydrogens (primary N) is 1. The molecule has 1 heterocycles. The van der Waals surface area contributed by atoms with E-state index in [0.29, 0.717) is 6.61 Å². The largest absolute Gasteiger partial charge is 0.382 e. The maximum absolute atomic E-state index is 5.53. The van der Waals surface area contributed by atoms with Crippen LogP contribution >= 0.6 is 0 Å². The van der Waals surface area contributed by atoms with Gasteiger partial charge in [0.25, 0.3) is 0 Å². The molecule has 0 saturated heterocycles. The second kappa shape index (κ2) is 7.38. The van der Waals surface area contributed by atoms with Gasteiger partial charge in [-0.3, -0.25) is 16.0 Å². The molecule has 1 aromatic heterocycles. The quantitative estimate of drug-likeness (QED) is 0.397. The number of hydrazine groups is 1. The molecule has 0 aliphatic carbocycles. The molecule has 16 heavy (non-hydrogen) atoms. The van der Waals surface area contributed by atoms with Crippen LogP contribution in [0.4, 0.5) is 0 Å². The zero-order valence-electron chi connectivity index (χ0n) is 10.1. The average molecular weight is 226 g/mol. The van der Waals surface area contributed by atoms with E-state index in [0.717, 1.165) is 31.6 Å². The number of ether oxygens (including phenoxy) is 1. The number of hydrogen-bond acceptors (Lipinski definition) is 4. The van der Waals surface area contributed by atoms with Crippen molar-refractivity contribution < 1.29 is 4.74 Å². The van der Waals surface area contributed by atoms with Crippen LogP contribution in [0.5, 0.6) is 0 Å². The molecule has 0 spiro atoms. The molecule has 5 heteroatoms. The third-order valence-electron chi connectivity index (χ3n) is 2.46. The van der Waals surface area contributed by atoms with Crippen LogP contribution in [0.25, 0.3) is 0 Å². The number of aryl methyl sites for hydroxylation is 1. The maximum Gasteiger partial charge on any atom is 0.0538 e. The Morgan fingerprint density at radius 3 is 3.00 bits per heavy atom. The van der Waals surface area contributed by atoms with Gasteiger partial charge in [-0.15, -0.1) is 0 Å². The molecule has 1 unspecified atom stereocenters. The fraction of sp³-hybridized carbons (Fsp3) is 0.727. The predicted octanol–water partition coefficient (Wildman–Crippen LogP) is 1.22. The van der Waals surface area contributed by atoms with E-state index in [2.05, 4.69) is 17.4 Å². The number of aromatic nitrogens is 2. The Morgan fingerprint density at radius 1 is 1.56 bits per heavy atom. The smallest absolute Gasteiger partial charge is 0.0538 e. The fourth-order valence-corrected chi connectivity index (χ4v) is 1.60. The molecule has 0 aliphatic heterocycles. The Hall–Kier alpha value is -0.910. The molecule has 0 amide bonds. The van der Waals surface area contributed by atoms with E-state index in [1.165, 1.54) is 0 Å². The van der Waals surface area contributed by atoms with E-state index in [9.17, 15) is 0 Å². The molecule has 0 radical (unpaired) electrons. The Bertz CT molecular complexity index is 287. The Labute approximate surface area is 96.9 Å². The Balaban J connectivity index is 2.49. The molecule has 0 aromatic carbocycles. The average Bonchev–Trinajstić information content (AvgIpc) is 2.74. The first-order valence-corrected chi connectivity index (χ1v) is 5.88. The summed E-state index contributed by atoms with van der Waals surface area (Å²) in [5, 5.41) is 4.28. The van der Waals surface area contributed by atoms with Gasteiger partial charge in [-0.05, 0) is 19.8 Å². The summed E-state index contributed by atoms with van der Waals surface area (Å²) in [6.07, 6.45) is 5.86. The SMILES string of the molecule is CCCn1cc(C(CCOCC)NN)cn1. The minimum absolute atomic E-state index is 0.122. The van der Waals surface area contributed by atoms with Crippen molar-refractivity contribution in [2.75, 3.05) is 13.2 Å². The topological polar surface area (TPSA) is 65.1 Å². The summed E-state index contributed by atoms with van der Waals surface area (Å²) in [7, 11) is 0. The van der Waals surface area contributed by atoms with Crippen LogP contribution in [0.15, 0.2) is 12.4 Å². The van der Waals surface area contributed by atoms with E-state index in [1.54, 1.807) is 0 Å². The zero-order valence-corrected chi connectivity index (χ0v) is 10.1. The van der Waals surface area contributed by atoms with Crippen LogP contribution in [-0.4, -0.2) is 23.0 Å². The van der Waals surface area contributed by atoms with Crippen molar-refractivity contribution in [3.05, 3.63) is 18.0 Å². The number of nitrogens with one attached hydrogen (secondary N) is 1. The molecular weight excluding hydrogens is 204 g/mol. The van der Waals surface area contributed by atoms with Crippen LogP contribution < -0.4 is 11.3 Å². The number of rotatable bonds is 8. The van der Waals surface area contributed by atoms with E-state index >= 15 is 0 Å². The molecular formula is C11H22N4O. The summed E-state index contributed by atoms with van der Waals surface area (Å²) in [5.74, 6) is 5.53. The lowest BCUT2D eigenvalue weighted by Crippen LogP contribution is -2.28. The lowest BCUT2D eigenvalue weighted by molar-refractivity contribution is 0.136. The molecule has 1 atom stereocenters. The predicted molar refractivity (Wildman–Crippen MR) is 63.7 cm³/mol. The number of nitrogens with zero attached hydrogens (tertiary/aromatic N) is 2.